The summed E-state index contributed by atoms with van der Waals surface area (Å²) in [5.41, 5.74) is 7.40. The van der Waals surface area contributed by atoms with Gasteiger partial charge in [-0.15, -0.1) is 0 Å². The van der Waals surface area contributed by atoms with E-state index in [9.17, 15) is 13.6 Å². The molecule has 0 radical (unpaired) electrons. The quantitative estimate of drug-likeness (QED) is 0.369. The highest BCUT2D eigenvalue weighted by Crippen LogP contribution is 2.48. The summed E-state index contributed by atoms with van der Waals surface area (Å²) >= 11 is 0. The third-order valence-electron chi connectivity index (χ3n) is 5.76. The van der Waals surface area contributed by atoms with Gasteiger partial charge in [-0.3, -0.25) is 9.89 Å². The van der Waals surface area contributed by atoms with Crippen molar-refractivity contribution < 1.29 is 13.6 Å². The zero-order chi connectivity index (χ0) is 24.9. The van der Waals surface area contributed by atoms with Crippen LogP contribution in [0.2, 0.25) is 0 Å². The summed E-state index contributed by atoms with van der Waals surface area (Å²) < 4.78 is 31.6. The number of hydrogen-bond acceptors (Lipinski definition) is 7. The van der Waals surface area contributed by atoms with E-state index in [1.54, 1.807) is 10.9 Å². The van der Waals surface area contributed by atoms with E-state index in [4.69, 9.17) is 5.73 Å². The monoisotopic (exact) mass is 479 g/mol. The van der Waals surface area contributed by atoms with Crippen molar-refractivity contribution in [1.82, 2.24) is 29.7 Å². The molecule has 180 valence electrons. The molecule has 5 rings (SSSR count). The molecule has 1 aliphatic rings. The van der Waals surface area contributed by atoms with Crippen molar-refractivity contribution in [2.75, 3.05) is 17.3 Å². The fourth-order valence-corrected chi connectivity index (χ4v) is 3.92. The molecule has 4 aromatic rings. The number of imidazole rings is 1. The minimum atomic E-state index is -0.965. The van der Waals surface area contributed by atoms with Gasteiger partial charge in [0.05, 0.1) is 6.33 Å². The van der Waals surface area contributed by atoms with Crippen molar-refractivity contribution >= 4 is 29.2 Å². The van der Waals surface area contributed by atoms with Crippen LogP contribution in [0.4, 0.5) is 32.1 Å². The summed E-state index contributed by atoms with van der Waals surface area (Å²) in [4.78, 5) is 26.4. The Hall–Kier alpha value is -4.35. The second-order valence-electron chi connectivity index (χ2n) is 8.61. The average Bonchev–Trinajstić information content (AvgIpc) is 3.42. The van der Waals surface area contributed by atoms with Gasteiger partial charge in [-0.1, -0.05) is 0 Å². The molecule has 1 aromatic carbocycles. The molecule has 0 atom stereocenters. The molecule has 35 heavy (non-hydrogen) atoms. The largest absolute Gasteiger partial charge is 0.366 e. The third kappa shape index (κ3) is 4.29. The molecule has 1 saturated carbocycles. The highest BCUT2D eigenvalue weighted by molar-refractivity contribution is 5.93. The molecule has 4 N–H and O–H groups in total. The number of nitrogens with zero attached hydrogens (tertiary/aromatic N) is 6. The molecule has 0 bridgehead atoms. The Balaban J connectivity index is 1.67. The standard InChI is InChI=1S/C23H23F2N9O/c1-11-6-17(32-31-11)28-22-18(12-4-5-12)19(16-9-33(2)10-27-16)29-23(30-22)34(3)20-14(24)7-13(21(26)35)8-15(20)25/h6-10,12H,4-5H2,1-3H3,(H2,26,35)(H2,28,29,30,31,32). The van der Waals surface area contributed by atoms with Crippen LogP contribution in [0.5, 0.6) is 0 Å². The lowest BCUT2D eigenvalue weighted by Gasteiger charge is -2.22. The number of hydrogen-bond donors (Lipinski definition) is 3. The van der Waals surface area contributed by atoms with Crippen molar-refractivity contribution in [3.8, 4) is 11.4 Å². The number of anilines is 4. The van der Waals surface area contributed by atoms with Crippen LogP contribution < -0.4 is 16.0 Å². The minimum absolute atomic E-state index is 0.0365. The van der Waals surface area contributed by atoms with Gasteiger partial charge in [-0.05, 0) is 37.8 Å². The van der Waals surface area contributed by atoms with Gasteiger partial charge in [0.1, 0.15) is 22.9 Å². The fourth-order valence-electron chi connectivity index (χ4n) is 3.92. The van der Waals surface area contributed by atoms with E-state index in [0.29, 0.717) is 23.0 Å². The topological polar surface area (TPSA) is 131 Å². The second-order valence-corrected chi connectivity index (χ2v) is 8.61. The molecule has 1 amide bonds. The Morgan fingerprint density at radius 3 is 2.49 bits per heavy atom. The van der Waals surface area contributed by atoms with E-state index in [1.807, 2.05) is 26.2 Å². The molecule has 1 fully saturated rings. The number of nitrogens with two attached hydrogens (primary N) is 1. The Kier molecular flexibility index (Phi) is 5.42. The van der Waals surface area contributed by atoms with Crippen LogP contribution in [0.25, 0.3) is 11.4 Å². The van der Waals surface area contributed by atoms with Gasteiger partial charge < -0.3 is 20.5 Å². The molecule has 3 aromatic heterocycles. The van der Waals surface area contributed by atoms with E-state index in [0.717, 1.165) is 36.2 Å². The van der Waals surface area contributed by atoms with Gasteiger partial charge in [0, 0.05) is 43.2 Å². The third-order valence-corrected chi connectivity index (χ3v) is 5.76. The van der Waals surface area contributed by atoms with Crippen LogP contribution in [0.15, 0.2) is 30.7 Å². The Morgan fingerprint density at radius 2 is 1.94 bits per heavy atom. The fraction of sp³-hybridized carbons (Fsp3) is 0.261. The lowest BCUT2D eigenvalue weighted by Crippen LogP contribution is -2.20. The van der Waals surface area contributed by atoms with Gasteiger partial charge >= 0.3 is 0 Å². The molecule has 0 spiro atoms. The predicted octanol–water partition coefficient (Wildman–Crippen LogP) is 3.67. The number of nitrogens with one attached hydrogen (secondary N) is 2. The number of H-pyrrole nitrogens is 1. The van der Waals surface area contributed by atoms with Crippen LogP contribution in [0, 0.1) is 18.6 Å². The predicted molar refractivity (Wildman–Crippen MR) is 126 cm³/mol. The molecule has 0 saturated heterocycles. The van der Waals surface area contributed by atoms with Crippen molar-refractivity contribution in [2.24, 2.45) is 12.8 Å². The zero-order valence-corrected chi connectivity index (χ0v) is 19.3. The number of rotatable bonds is 7. The van der Waals surface area contributed by atoms with Gasteiger partial charge in [0.15, 0.2) is 17.5 Å². The summed E-state index contributed by atoms with van der Waals surface area (Å²) in [7, 11) is 3.29. The number of aromatic nitrogens is 6. The number of aromatic amines is 1. The summed E-state index contributed by atoms with van der Waals surface area (Å²) in [5.74, 6) is -1.58. The highest BCUT2D eigenvalue weighted by atomic mass is 19.1. The Bertz CT molecular complexity index is 1420. The molecule has 0 unspecified atom stereocenters. The molecule has 3 heterocycles. The van der Waals surface area contributed by atoms with E-state index < -0.39 is 23.2 Å². The molecule has 0 aliphatic heterocycles. The van der Waals surface area contributed by atoms with E-state index in [1.165, 1.54) is 11.9 Å². The summed E-state index contributed by atoms with van der Waals surface area (Å²) in [6.45, 7) is 1.87. The van der Waals surface area contributed by atoms with Crippen molar-refractivity contribution in [3.63, 3.8) is 0 Å². The van der Waals surface area contributed by atoms with Gasteiger partial charge in [-0.25, -0.2) is 18.7 Å². The lowest BCUT2D eigenvalue weighted by atomic mass is 10.1. The number of carbonyl (C=O) groups excluding carboxylic acids is 1. The maximum absolute atomic E-state index is 14.9. The van der Waals surface area contributed by atoms with Crippen LogP contribution in [-0.2, 0) is 7.05 Å². The zero-order valence-electron chi connectivity index (χ0n) is 19.3. The molecular weight excluding hydrogens is 456 g/mol. The first-order valence-electron chi connectivity index (χ1n) is 10.9. The number of carbonyl (C=O) groups is 1. The van der Waals surface area contributed by atoms with Crippen LogP contribution >= 0.6 is 0 Å². The van der Waals surface area contributed by atoms with E-state index in [-0.39, 0.29) is 17.4 Å². The number of aryl methyl sites for hydroxylation is 2. The number of primary amides is 1. The van der Waals surface area contributed by atoms with Crippen molar-refractivity contribution in [2.45, 2.75) is 25.7 Å². The Morgan fingerprint density at radius 1 is 1.23 bits per heavy atom. The second kappa shape index (κ2) is 8.46. The molecular formula is C23H23F2N9O. The molecule has 1 aliphatic carbocycles. The number of halogens is 2. The van der Waals surface area contributed by atoms with Crippen LogP contribution in [0.3, 0.4) is 0 Å². The minimum Gasteiger partial charge on any atom is -0.366 e. The van der Waals surface area contributed by atoms with Crippen LogP contribution in [-0.4, -0.2) is 42.7 Å². The SMILES string of the molecule is Cc1cc(Nc2nc(N(C)c3c(F)cc(C(N)=O)cc3F)nc(-c3cn(C)cn3)c2C2CC2)n[nH]1. The van der Waals surface area contributed by atoms with Crippen molar-refractivity contribution in [1.29, 1.82) is 0 Å². The first kappa shape index (κ1) is 22.4. The maximum atomic E-state index is 14.9. The number of benzene rings is 1. The smallest absolute Gasteiger partial charge is 0.248 e. The summed E-state index contributed by atoms with van der Waals surface area (Å²) in [5, 5.41) is 10.3. The maximum Gasteiger partial charge on any atom is 0.248 e. The van der Waals surface area contributed by atoms with Gasteiger partial charge in [0.2, 0.25) is 11.9 Å². The highest BCUT2D eigenvalue weighted by Gasteiger charge is 2.33. The Labute approximate surface area is 199 Å². The normalized spacial score (nSPS) is 13.2. The first-order valence-corrected chi connectivity index (χ1v) is 10.9. The number of amides is 1. The first-order chi connectivity index (χ1) is 16.7. The summed E-state index contributed by atoms with van der Waals surface area (Å²) in [6, 6.07) is 3.60. The van der Waals surface area contributed by atoms with Gasteiger partial charge in [-0.2, -0.15) is 10.1 Å². The average molecular weight is 479 g/mol. The molecule has 12 heteroatoms. The van der Waals surface area contributed by atoms with Crippen molar-refractivity contribution in [3.05, 3.63) is 59.2 Å². The van der Waals surface area contributed by atoms with E-state index in [2.05, 4.69) is 30.5 Å². The lowest BCUT2D eigenvalue weighted by molar-refractivity contribution is 0.0999. The molecule has 10 nitrogen and oxygen atoms in total. The van der Waals surface area contributed by atoms with Gasteiger partial charge in [0.25, 0.3) is 0 Å². The summed E-state index contributed by atoms with van der Waals surface area (Å²) in [6.07, 6.45) is 5.40. The van der Waals surface area contributed by atoms with Crippen LogP contribution in [0.1, 0.15) is 40.4 Å². The van der Waals surface area contributed by atoms with E-state index >= 15 is 0 Å².